The first-order chi connectivity index (χ1) is 8.58. The summed E-state index contributed by atoms with van der Waals surface area (Å²) in [6.45, 7) is 2.33. The van der Waals surface area contributed by atoms with E-state index in [-0.39, 0.29) is 6.04 Å². The molecule has 6 heteroatoms. The topological polar surface area (TPSA) is 42.7 Å². The average molecular weight is 252 g/mol. The highest BCUT2D eigenvalue weighted by Crippen LogP contribution is 2.17. The van der Waals surface area contributed by atoms with Crippen molar-refractivity contribution in [1.29, 1.82) is 0 Å². The lowest BCUT2D eigenvalue weighted by Crippen LogP contribution is -2.20. The van der Waals surface area contributed by atoms with E-state index in [1.165, 1.54) is 12.1 Å². The van der Waals surface area contributed by atoms with Crippen LogP contribution in [0.3, 0.4) is 0 Å². The molecule has 0 fully saturated rings. The normalized spacial score (nSPS) is 12.7. The summed E-state index contributed by atoms with van der Waals surface area (Å²) in [4.78, 5) is 0. The van der Waals surface area contributed by atoms with E-state index in [9.17, 15) is 8.78 Å². The van der Waals surface area contributed by atoms with Crippen LogP contribution in [0, 0.1) is 11.6 Å². The fourth-order valence-electron chi connectivity index (χ4n) is 1.69. The molecule has 0 radical (unpaired) electrons. The summed E-state index contributed by atoms with van der Waals surface area (Å²) in [6.07, 6.45) is 1.64. The van der Waals surface area contributed by atoms with E-state index in [2.05, 4.69) is 15.6 Å². The quantitative estimate of drug-likeness (QED) is 0.904. The average Bonchev–Trinajstić information content (AvgIpc) is 2.72. The zero-order valence-corrected chi connectivity index (χ0v) is 10.2. The van der Waals surface area contributed by atoms with E-state index in [4.69, 9.17) is 0 Å². The van der Waals surface area contributed by atoms with Gasteiger partial charge in [-0.05, 0) is 13.0 Å². The Balaban J connectivity index is 2.03. The maximum Gasteiger partial charge on any atom is 0.130 e. The minimum absolute atomic E-state index is 0.222. The van der Waals surface area contributed by atoms with Gasteiger partial charge >= 0.3 is 0 Å². The molecule has 0 aliphatic rings. The van der Waals surface area contributed by atoms with Gasteiger partial charge in [0.25, 0.3) is 0 Å². The molecule has 0 bridgehead atoms. The van der Waals surface area contributed by atoms with Gasteiger partial charge in [0.15, 0.2) is 0 Å². The second kappa shape index (κ2) is 5.22. The molecule has 2 aromatic rings. The fraction of sp³-hybridized carbons (Fsp3) is 0.333. The Bertz CT molecular complexity index is 539. The van der Waals surface area contributed by atoms with Gasteiger partial charge in [-0.1, -0.05) is 11.3 Å². The molecule has 1 atom stereocenters. The molecule has 1 heterocycles. The van der Waals surface area contributed by atoms with Crippen LogP contribution < -0.4 is 5.32 Å². The highest BCUT2D eigenvalue weighted by atomic mass is 19.1. The minimum atomic E-state index is -0.570. The lowest BCUT2D eigenvalue weighted by atomic mass is 10.1. The SMILES string of the molecule is CC(NCc1cnnn1C)c1ccc(F)cc1F. The second-order valence-electron chi connectivity index (χ2n) is 4.12. The van der Waals surface area contributed by atoms with Crippen molar-refractivity contribution < 1.29 is 8.78 Å². The van der Waals surface area contributed by atoms with Crippen molar-refractivity contribution in [3.05, 3.63) is 47.3 Å². The zero-order chi connectivity index (χ0) is 13.1. The van der Waals surface area contributed by atoms with Crippen molar-refractivity contribution in [2.45, 2.75) is 19.5 Å². The Morgan fingerprint density at radius 2 is 2.17 bits per heavy atom. The van der Waals surface area contributed by atoms with Gasteiger partial charge in [0.1, 0.15) is 11.6 Å². The first-order valence-electron chi connectivity index (χ1n) is 5.60. The highest BCUT2D eigenvalue weighted by molar-refractivity contribution is 5.21. The molecule has 2 rings (SSSR count). The third-order valence-corrected chi connectivity index (χ3v) is 2.83. The summed E-state index contributed by atoms with van der Waals surface area (Å²) in [7, 11) is 1.78. The molecular weight excluding hydrogens is 238 g/mol. The van der Waals surface area contributed by atoms with Crippen LogP contribution in [0.4, 0.5) is 8.78 Å². The maximum absolute atomic E-state index is 13.5. The minimum Gasteiger partial charge on any atom is -0.304 e. The summed E-state index contributed by atoms with van der Waals surface area (Å²) in [5, 5.41) is 10.7. The predicted molar refractivity (Wildman–Crippen MR) is 62.6 cm³/mol. The van der Waals surface area contributed by atoms with E-state index in [1.54, 1.807) is 17.9 Å². The van der Waals surface area contributed by atoms with E-state index < -0.39 is 11.6 Å². The van der Waals surface area contributed by atoms with E-state index >= 15 is 0 Å². The van der Waals surface area contributed by atoms with Crippen LogP contribution in [0.5, 0.6) is 0 Å². The monoisotopic (exact) mass is 252 g/mol. The van der Waals surface area contributed by atoms with Gasteiger partial charge in [0.05, 0.1) is 11.9 Å². The maximum atomic E-state index is 13.5. The Kier molecular flexibility index (Phi) is 3.66. The smallest absolute Gasteiger partial charge is 0.130 e. The lowest BCUT2D eigenvalue weighted by Gasteiger charge is -2.14. The van der Waals surface area contributed by atoms with Gasteiger partial charge in [0.2, 0.25) is 0 Å². The van der Waals surface area contributed by atoms with Crippen LogP contribution in [0.2, 0.25) is 0 Å². The van der Waals surface area contributed by atoms with Gasteiger partial charge in [-0.25, -0.2) is 8.78 Å². The molecule has 4 nitrogen and oxygen atoms in total. The van der Waals surface area contributed by atoms with Crippen LogP contribution >= 0.6 is 0 Å². The number of nitrogens with one attached hydrogen (secondary N) is 1. The Labute approximate surface area is 104 Å². The Hall–Kier alpha value is -1.82. The standard InChI is InChI=1S/C12H14F2N4/c1-8(11-4-3-9(13)5-12(11)14)15-6-10-7-16-17-18(10)2/h3-5,7-8,15H,6H2,1-2H3. The van der Waals surface area contributed by atoms with Crippen molar-refractivity contribution >= 4 is 0 Å². The number of benzene rings is 1. The predicted octanol–water partition coefficient (Wildman–Crippen LogP) is 1.94. The van der Waals surface area contributed by atoms with Gasteiger partial charge in [-0.2, -0.15) is 0 Å². The van der Waals surface area contributed by atoms with Crippen molar-refractivity contribution in [2.75, 3.05) is 0 Å². The van der Waals surface area contributed by atoms with Crippen LogP contribution in [-0.4, -0.2) is 15.0 Å². The van der Waals surface area contributed by atoms with Crippen LogP contribution in [0.15, 0.2) is 24.4 Å². The molecule has 18 heavy (non-hydrogen) atoms. The fourth-order valence-corrected chi connectivity index (χ4v) is 1.69. The van der Waals surface area contributed by atoms with Gasteiger partial charge < -0.3 is 5.32 Å². The second-order valence-corrected chi connectivity index (χ2v) is 4.12. The Morgan fingerprint density at radius 3 is 2.78 bits per heavy atom. The number of aryl methyl sites for hydroxylation is 1. The van der Waals surface area contributed by atoms with E-state index in [0.29, 0.717) is 12.1 Å². The molecule has 0 saturated heterocycles. The highest BCUT2D eigenvalue weighted by Gasteiger charge is 2.12. The van der Waals surface area contributed by atoms with Gasteiger partial charge in [-0.15, -0.1) is 5.10 Å². The molecule has 0 amide bonds. The first kappa shape index (κ1) is 12.6. The van der Waals surface area contributed by atoms with E-state index in [0.717, 1.165) is 11.8 Å². The lowest BCUT2D eigenvalue weighted by molar-refractivity contribution is 0.507. The number of hydrogen-bond acceptors (Lipinski definition) is 3. The van der Waals surface area contributed by atoms with Crippen molar-refractivity contribution in [3.63, 3.8) is 0 Å². The summed E-state index contributed by atoms with van der Waals surface area (Å²) in [5.41, 5.74) is 1.33. The number of hydrogen-bond donors (Lipinski definition) is 1. The van der Waals surface area contributed by atoms with Crippen molar-refractivity contribution in [3.8, 4) is 0 Å². The van der Waals surface area contributed by atoms with Crippen LogP contribution in [0.25, 0.3) is 0 Å². The zero-order valence-electron chi connectivity index (χ0n) is 10.2. The largest absolute Gasteiger partial charge is 0.304 e. The van der Waals surface area contributed by atoms with Crippen LogP contribution in [0.1, 0.15) is 24.2 Å². The molecule has 1 aromatic heterocycles. The molecule has 0 saturated carbocycles. The van der Waals surface area contributed by atoms with Crippen LogP contribution in [-0.2, 0) is 13.6 Å². The summed E-state index contributed by atoms with van der Waals surface area (Å²) in [6, 6.07) is 3.37. The molecule has 0 spiro atoms. The molecular formula is C12H14F2N4. The van der Waals surface area contributed by atoms with Gasteiger partial charge in [0, 0.05) is 31.3 Å². The first-order valence-corrected chi connectivity index (χ1v) is 5.60. The van der Waals surface area contributed by atoms with Crippen molar-refractivity contribution in [2.24, 2.45) is 7.05 Å². The number of nitrogens with zero attached hydrogens (tertiary/aromatic N) is 3. The number of halogens is 2. The summed E-state index contributed by atoms with van der Waals surface area (Å²) >= 11 is 0. The van der Waals surface area contributed by atoms with Gasteiger partial charge in [-0.3, -0.25) is 4.68 Å². The molecule has 0 aliphatic carbocycles. The molecule has 1 aromatic carbocycles. The number of rotatable bonds is 4. The van der Waals surface area contributed by atoms with Crippen molar-refractivity contribution in [1.82, 2.24) is 20.3 Å². The summed E-state index contributed by atoms with van der Waals surface area (Å²) < 4.78 is 28.0. The number of aromatic nitrogens is 3. The molecule has 1 N–H and O–H groups in total. The Morgan fingerprint density at radius 1 is 1.39 bits per heavy atom. The summed E-state index contributed by atoms with van der Waals surface area (Å²) in [5.74, 6) is -1.11. The third kappa shape index (κ3) is 2.70. The molecule has 0 aliphatic heterocycles. The molecule has 1 unspecified atom stereocenters. The molecule has 96 valence electrons. The van der Waals surface area contributed by atoms with E-state index in [1.807, 2.05) is 6.92 Å². The third-order valence-electron chi connectivity index (χ3n) is 2.83.